The molecule has 4 rings (SSSR count). The Hall–Kier alpha value is -3.71. The number of nitrogens with zero attached hydrogens (tertiary/aromatic N) is 1. The number of carbonyl (C=O) groups excluding carboxylic acids is 2. The Morgan fingerprint density at radius 1 is 0.821 bits per heavy atom. The van der Waals surface area contributed by atoms with Crippen molar-refractivity contribution in [2.45, 2.75) is 0 Å². The number of rotatable bonds is 5. The normalized spacial score (nSPS) is 10.4. The van der Waals surface area contributed by atoms with Crippen molar-refractivity contribution in [2.75, 3.05) is 10.6 Å². The lowest BCUT2D eigenvalue weighted by atomic mass is 10.2. The van der Waals surface area contributed by atoms with Crippen molar-refractivity contribution in [2.24, 2.45) is 0 Å². The minimum absolute atomic E-state index is 0.211. The number of thiophene rings is 1. The van der Waals surface area contributed by atoms with Crippen LogP contribution in [-0.4, -0.2) is 22.0 Å². The molecule has 7 heteroatoms. The van der Waals surface area contributed by atoms with Gasteiger partial charge in [0, 0.05) is 16.9 Å². The standard InChI is InChI=1S/C21H16N4O2S/c26-20(14-6-2-1-3-7-14)22-15-8-4-9-16(12-15)23-21(27)18-13-17(24-25-18)19-10-5-11-28-19/h1-13H,(H,22,26)(H,23,27)(H,24,25). The molecule has 2 heterocycles. The third-order valence-electron chi connectivity index (χ3n) is 4.01. The molecule has 0 bridgehead atoms. The molecular weight excluding hydrogens is 372 g/mol. The summed E-state index contributed by atoms with van der Waals surface area (Å²) in [7, 11) is 0. The van der Waals surface area contributed by atoms with Crippen molar-refractivity contribution in [1.29, 1.82) is 0 Å². The zero-order valence-corrected chi connectivity index (χ0v) is 15.5. The molecule has 0 aliphatic heterocycles. The van der Waals surface area contributed by atoms with Crippen LogP contribution in [0.4, 0.5) is 11.4 Å². The van der Waals surface area contributed by atoms with E-state index < -0.39 is 0 Å². The summed E-state index contributed by atoms with van der Waals surface area (Å²) in [5.41, 5.74) is 2.81. The van der Waals surface area contributed by atoms with Crippen molar-refractivity contribution in [1.82, 2.24) is 10.2 Å². The van der Waals surface area contributed by atoms with Crippen LogP contribution in [0, 0.1) is 0 Å². The first-order valence-corrected chi connectivity index (χ1v) is 9.44. The average molecular weight is 388 g/mol. The molecule has 4 aromatic rings. The van der Waals surface area contributed by atoms with Gasteiger partial charge in [0.15, 0.2) is 5.69 Å². The molecule has 138 valence electrons. The summed E-state index contributed by atoms with van der Waals surface area (Å²) in [5, 5.41) is 14.5. The summed E-state index contributed by atoms with van der Waals surface area (Å²) in [6.07, 6.45) is 0. The van der Waals surface area contributed by atoms with Crippen LogP contribution in [0.2, 0.25) is 0 Å². The summed E-state index contributed by atoms with van der Waals surface area (Å²) in [4.78, 5) is 25.8. The van der Waals surface area contributed by atoms with Gasteiger partial charge in [0.2, 0.25) is 0 Å². The number of hydrogen-bond acceptors (Lipinski definition) is 4. The van der Waals surface area contributed by atoms with E-state index in [0.717, 1.165) is 10.6 Å². The van der Waals surface area contributed by atoms with E-state index in [1.807, 2.05) is 23.6 Å². The molecule has 28 heavy (non-hydrogen) atoms. The number of benzene rings is 2. The molecular formula is C21H16N4O2S. The van der Waals surface area contributed by atoms with Gasteiger partial charge < -0.3 is 10.6 Å². The molecule has 0 aliphatic carbocycles. The highest BCUT2D eigenvalue weighted by Crippen LogP contribution is 2.23. The first-order chi connectivity index (χ1) is 13.7. The van der Waals surface area contributed by atoms with Crippen LogP contribution in [0.1, 0.15) is 20.8 Å². The van der Waals surface area contributed by atoms with E-state index in [1.54, 1.807) is 65.9 Å². The lowest BCUT2D eigenvalue weighted by Crippen LogP contribution is -2.14. The van der Waals surface area contributed by atoms with Gasteiger partial charge in [-0.3, -0.25) is 14.7 Å². The van der Waals surface area contributed by atoms with Crippen LogP contribution in [0.25, 0.3) is 10.6 Å². The third kappa shape index (κ3) is 3.99. The molecule has 2 aromatic heterocycles. The van der Waals surface area contributed by atoms with Crippen LogP contribution in [0.15, 0.2) is 78.2 Å². The first-order valence-electron chi connectivity index (χ1n) is 8.56. The number of H-pyrrole nitrogens is 1. The largest absolute Gasteiger partial charge is 0.322 e. The van der Waals surface area contributed by atoms with Gasteiger partial charge in [-0.05, 0) is 47.8 Å². The summed E-state index contributed by atoms with van der Waals surface area (Å²) < 4.78 is 0. The third-order valence-corrected chi connectivity index (χ3v) is 4.91. The number of hydrogen-bond donors (Lipinski definition) is 3. The van der Waals surface area contributed by atoms with E-state index in [4.69, 9.17) is 0 Å². The highest BCUT2D eigenvalue weighted by atomic mass is 32.1. The monoisotopic (exact) mass is 388 g/mol. The second-order valence-electron chi connectivity index (χ2n) is 6.00. The summed E-state index contributed by atoms with van der Waals surface area (Å²) in [6.45, 7) is 0. The van der Waals surface area contributed by atoms with Gasteiger partial charge in [0.05, 0.1) is 10.6 Å². The van der Waals surface area contributed by atoms with E-state index in [2.05, 4.69) is 20.8 Å². The van der Waals surface area contributed by atoms with Crippen molar-refractivity contribution in [3.63, 3.8) is 0 Å². The van der Waals surface area contributed by atoms with Gasteiger partial charge in [0.1, 0.15) is 0 Å². The second kappa shape index (κ2) is 7.89. The van der Waals surface area contributed by atoms with Crippen molar-refractivity contribution in [3.8, 4) is 10.6 Å². The summed E-state index contributed by atoms with van der Waals surface area (Å²) in [5.74, 6) is -0.539. The molecule has 0 radical (unpaired) electrons. The van der Waals surface area contributed by atoms with E-state index in [9.17, 15) is 9.59 Å². The fourth-order valence-corrected chi connectivity index (χ4v) is 3.35. The smallest absolute Gasteiger partial charge is 0.276 e. The molecule has 6 nitrogen and oxygen atoms in total. The van der Waals surface area contributed by atoms with Crippen molar-refractivity contribution in [3.05, 3.63) is 89.4 Å². The number of amides is 2. The van der Waals surface area contributed by atoms with Crippen LogP contribution in [0.5, 0.6) is 0 Å². The summed E-state index contributed by atoms with van der Waals surface area (Å²) >= 11 is 1.57. The molecule has 0 saturated heterocycles. The topological polar surface area (TPSA) is 86.9 Å². The zero-order valence-electron chi connectivity index (χ0n) is 14.7. The zero-order chi connectivity index (χ0) is 19.3. The number of aromatic amines is 1. The van der Waals surface area contributed by atoms with Crippen molar-refractivity contribution < 1.29 is 9.59 Å². The van der Waals surface area contributed by atoms with Gasteiger partial charge >= 0.3 is 0 Å². The van der Waals surface area contributed by atoms with Gasteiger partial charge in [-0.1, -0.05) is 30.3 Å². The Bertz CT molecular complexity index is 1100. The minimum atomic E-state index is -0.328. The van der Waals surface area contributed by atoms with Gasteiger partial charge in [-0.2, -0.15) is 5.10 Å². The Balaban J connectivity index is 1.44. The second-order valence-corrected chi connectivity index (χ2v) is 6.95. The number of carbonyl (C=O) groups is 2. The Morgan fingerprint density at radius 3 is 2.29 bits per heavy atom. The fourth-order valence-electron chi connectivity index (χ4n) is 2.66. The molecule has 2 aromatic carbocycles. The maximum Gasteiger partial charge on any atom is 0.276 e. The number of aromatic nitrogens is 2. The summed E-state index contributed by atoms with van der Waals surface area (Å²) in [6, 6.07) is 21.5. The van der Waals surface area contributed by atoms with Gasteiger partial charge in [-0.15, -0.1) is 11.3 Å². The van der Waals surface area contributed by atoms with Crippen LogP contribution in [0.3, 0.4) is 0 Å². The highest BCUT2D eigenvalue weighted by molar-refractivity contribution is 7.13. The Labute approximate surface area is 165 Å². The predicted octanol–water partition coefficient (Wildman–Crippen LogP) is 4.64. The van der Waals surface area contributed by atoms with Crippen LogP contribution in [-0.2, 0) is 0 Å². The molecule has 0 saturated carbocycles. The maximum atomic E-state index is 12.5. The van der Waals surface area contributed by atoms with E-state index in [-0.39, 0.29) is 11.8 Å². The van der Waals surface area contributed by atoms with E-state index in [0.29, 0.717) is 22.6 Å². The Morgan fingerprint density at radius 2 is 1.57 bits per heavy atom. The quantitative estimate of drug-likeness (QED) is 0.465. The highest BCUT2D eigenvalue weighted by Gasteiger charge is 2.13. The molecule has 0 aliphatic rings. The minimum Gasteiger partial charge on any atom is -0.322 e. The predicted molar refractivity (Wildman–Crippen MR) is 111 cm³/mol. The van der Waals surface area contributed by atoms with Gasteiger partial charge in [-0.25, -0.2) is 0 Å². The molecule has 0 spiro atoms. The Kier molecular flexibility index (Phi) is 4.99. The molecule has 0 unspecified atom stereocenters. The van der Waals surface area contributed by atoms with Gasteiger partial charge in [0.25, 0.3) is 11.8 Å². The SMILES string of the molecule is O=C(Nc1cccc(NC(=O)c2cc(-c3cccs3)[nH]n2)c1)c1ccccc1. The molecule has 2 amide bonds. The molecule has 3 N–H and O–H groups in total. The molecule has 0 atom stereocenters. The van der Waals surface area contributed by atoms with Crippen LogP contribution < -0.4 is 10.6 Å². The lowest BCUT2D eigenvalue weighted by Gasteiger charge is -2.08. The first kappa shape index (κ1) is 17.7. The van der Waals surface area contributed by atoms with E-state index >= 15 is 0 Å². The lowest BCUT2D eigenvalue weighted by molar-refractivity contribution is 0.101. The number of anilines is 2. The fraction of sp³-hybridized carbons (Fsp3) is 0. The maximum absolute atomic E-state index is 12.5. The van der Waals surface area contributed by atoms with Crippen LogP contribution >= 0.6 is 11.3 Å². The molecule has 0 fully saturated rings. The van der Waals surface area contributed by atoms with E-state index in [1.165, 1.54) is 0 Å². The average Bonchev–Trinajstić information content (AvgIpc) is 3.41. The number of nitrogens with one attached hydrogen (secondary N) is 3. The van der Waals surface area contributed by atoms with Crippen molar-refractivity contribution >= 4 is 34.5 Å².